The van der Waals surface area contributed by atoms with E-state index in [1.165, 1.54) is 5.56 Å². The molecule has 0 saturated heterocycles. The van der Waals surface area contributed by atoms with Gasteiger partial charge in [-0.3, -0.25) is 4.57 Å². The molecule has 1 aliphatic rings. The number of hydrogen-bond donors (Lipinski definition) is 0. The van der Waals surface area contributed by atoms with Crippen LogP contribution >= 0.6 is 0 Å². The van der Waals surface area contributed by atoms with Crippen LogP contribution < -0.4 is 10.4 Å². The van der Waals surface area contributed by atoms with Crippen molar-refractivity contribution in [2.24, 2.45) is 7.05 Å². The maximum Gasteiger partial charge on any atom is 0.327 e. The van der Waals surface area contributed by atoms with Crippen molar-refractivity contribution in [2.75, 3.05) is 0 Å². The monoisotopic (exact) mass is 230 g/mol. The molecule has 1 aliphatic heterocycles. The van der Waals surface area contributed by atoms with Gasteiger partial charge in [-0.2, -0.15) is 0 Å². The molecule has 3 rings (SSSR count). The number of hydrogen-bond acceptors (Lipinski definition) is 2. The SMILES string of the molecule is Cn1ccn(CC2Cc3ccccc3O2)c1=O. The Labute approximate surface area is 99.1 Å². The van der Waals surface area contributed by atoms with Crippen LogP contribution in [-0.4, -0.2) is 15.2 Å². The van der Waals surface area contributed by atoms with Crippen LogP contribution in [0.4, 0.5) is 0 Å². The summed E-state index contributed by atoms with van der Waals surface area (Å²) in [6.45, 7) is 0.606. The van der Waals surface area contributed by atoms with E-state index in [9.17, 15) is 4.79 Å². The first-order chi connectivity index (χ1) is 8.24. The van der Waals surface area contributed by atoms with Crippen LogP contribution in [0.15, 0.2) is 41.5 Å². The fraction of sp³-hybridized carbons (Fsp3) is 0.308. The summed E-state index contributed by atoms with van der Waals surface area (Å²) in [6, 6.07) is 8.03. The maximum atomic E-state index is 11.7. The van der Waals surface area contributed by atoms with Gasteiger partial charge in [-0.05, 0) is 11.6 Å². The summed E-state index contributed by atoms with van der Waals surface area (Å²) in [5.74, 6) is 0.946. The highest BCUT2D eigenvalue weighted by molar-refractivity contribution is 5.37. The van der Waals surface area contributed by atoms with Crippen LogP contribution in [0.2, 0.25) is 0 Å². The number of fused-ring (bicyclic) bond motifs is 1. The van der Waals surface area contributed by atoms with Crippen molar-refractivity contribution < 1.29 is 4.74 Å². The third-order valence-corrected chi connectivity index (χ3v) is 3.13. The maximum absolute atomic E-state index is 11.7. The Hall–Kier alpha value is -1.97. The van der Waals surface area contributed by atoms with E-state index < -0.39 is 0 Å². The largest absolute Gasteiger partial charge is 0.488 e. The van der Waals surface area contributed by atoms with E-state index in [1.807, 2.05) is 18.2 Å². The summed E-state index contributed by atoms with van der Waals surface area (Å²) in [5.41, 5.74) is 1.23. The number of para-hydroxylation sites is 1. The fourth-order valence-corrected chi connectivity index (χ4v) is 2.22. The molecule has 2 heterocycles. The number of benzene rings is 1. The van der Waals surface area contributed by atoms with E-state index in [0.717, 1.165) is 12.2 Å². The fourth-order valence-electron chi connectivity index (χ4n) is 2.22. The summed E-state index contributed by atoms with van der Waals surface area (Å²) >= 11 is 0. The highest BCUT2D eigenvalue weighted by Gasteiger charge is 2.23. The predicted molar refractivity (Wildman–Crippen MR) is 64.2 cm³/mol. The van der Waals surface area contributed by atoms with Crippen LogP contribution in [-0.2, 0) is 20.0 Å². The second kappa shape index (κ2) is 3.80. The molecule has 1 atom stereocenters. The minimum absolute atomic E-state index is 0.00422. The summed E-state index contributed by atoms with van der Waals surface area (Å²) in [6.07, 6.45) is 4.50. The quantitative estimate of drug-likeness (QED) is 0.777. The van der Waals surface area contributed by atoms with Gasteiger partial charge in [0.25, 0.3) is 0 Å². The molecule has 0 aliphatic carbocycles. The van der Waals surface area contributed by atoms with Gasteiger partial charge >= 0.3 is 5.69 Å². The molecule has 0 bridgehead atoms. The van der Waals surface area contributed by atoms with Crippen LogP contribution in [0, 0.1) is 0 Å². The van der Waals surface area contributed by atoms with Gasteiger partial charge in [0.05, 0.1) is 6.54 Å². The number of aromatic nitrogens is 2. The lowest BCUT2D eigenvalue weighted by atomic mass is 10.1. The number of rotatable bonds is 2. The first-order valence-electron chi connectivity index (χ1n) is 5.70. The topological polar surface area (TPSA) is 36.2 Å². The van der Waals surface area contributed by atoms with Gasteiger partial charge in [0.15, 0.2) is 0 Å². The van der Waals surface area contributed by atoms with Crippen molar-refractivity contribution in [1.29, 1.82) is 0 Å². The first-order valence-corrected chi connectivity index (χ1v) is 5.70. The van der Waals surface area contributed by atoms with E-state index in [4.69, 9.17) is 4.74 Å². The first kappa shape index (κ1) is 10.2. The summed E-state index contributed by atoms with van der Waals surface area (Å²) in [4.78, 5) is 11.7. The lowest BCUT2D eigenvalue weighted by Gasteiger charge is -2.10. The zero-order valence-electron chi connectivity index (χ0n) is 9.67. The van der Waals surface area contributed by atoms with Crippen molar-refractivity contribution in [1.82, 2.24) is 9.13 Å². The zero-order valence-corrected chi connectivity index (χ0v) is 9.67. The van der Waals surface area contributed by atoms with E-state index in [2.05, 4.69) is 6.07 Å². The Balaban J connectivity index is 1.78. The molecule has 4 heteroatoms. The van der Waals surface area contributed by atoms with E-state index in [1.54, 1.807) is 28.6 Å². The molecule has 0 radical (unpaired) electrons. The molecule has 1 aromatic heterocycles. The minimum atomic E-state index is 0.00422. The molecule has 88 valence electrons. The van der Waals surface area contributed by atoms with Gasteiger partial charge in [-0.1, -0.05) is 18.2 Å². The Morgan fingerprint density at radius 3 is 2.88 bits per heavy atom. The molecule has 0 fully saturated rings. The normalized spacial score (nSPS) is 17.8. The highest BCUT2D eigenvalue weighted by atomic mass is 16.5. The standard InChI is InChI=1S/C13H14N2O2/c1-14-6-7-15(13(14)16)9-11-8-10-4-2-3-5-12(10)17-11/h2-7,11H,8-9H2,1H3. The average Bonchev–Trinajstić information content (AvgIpc) is 2.87. The molecule has 2 aromatic rings. The molecule has 1 aromatic carbocycles. The minimum Gasteiger partial charge on any atom is -0.488 e. The molecule has 0 saturated carbocycles. The van der Waals surface area contributed by atoms with Crippen molar-refractivity contribution in [2.45, 2.75) is 19.1 Å². The molecular formula is C13H14N2O2. The molecule has 1 unspecified atom stereocenters. The zero-order chi connectivity index (χ0) is 11.8. The molecule has 0 N–H and O–H groups in total. The van der Waals surface area contributed by atoms with Gasteiger partial charge < -0.3 is 9.30 Å². The van der Waals surface area contributed by atoms with Gasteiger partial charge in [0.2, 0.25) is 0 Å². The number of aryl methyl sites for hydroxylation is 1. The number of nitrogens with zero attached hydrogens (tertiary/aromatic N) is 2. The van der Waals surface area contributed by atoms with Gasteiger partial charge in [-0.15, -0.1) is 0 Å². The predicted octanol–water partition coefficient (Wildman–Crippen LogP) is 1.19. The molecule has 0 amide bonds. The van der Waals surface area contributed by atoms with Gasteiger partial charge in [-0.25, -0.2) is 4.79 Å². The summed E-state index contributed by atoms with van der Waals surface area (Å²) < 4.78 is 9.07. The van der Waals surface area contributed by atoms with E-state index >= 15 is 0 Å². The van der Waals surface area contributed by atoms with Crippen LogP contribution in [0.25, 0.3) is 0 Å². The molecule has 4 nitrogen and oxygen atoms in total. The second-order valence-electron chi connectivity index (χ2n) is 4.40. The van der Waals surface area contributed by atoms with Crippen molar-refractivity contribution in [3.63, 3.8) is 0 Å². The lowest BCUT2D eigenvalue weighted by molar-refractivity contribution is 0.207. The number of imidazole rings is 1. The molecule has 17 heavy (non-hydrogen) atoms. The Morgan fingerprint density at radius 1 is 1.35 bits per heavy atom. The van der Waals surface area contributed by atoms with Crippen LogP contribution in [0.1, 0.15) is 5.56 Å². The lowest BCUT2D eigenvalue weighted by Crippen LogP contribution is -2.29. The van der Waals surface area contributed by atoms with Gasteiger partial charge in [0, 0.05) is 25.9 Å². The van der Waals surface area contributed by atoms with Gasteiger partial charge in [0.1, 0.15) is 11.9 Å². The highest BCUT2D eigenvalue weighted by Crippen LogP contribution is 2.28. The van der Waals surface area contributed by atoms with E-state index in [-0.39, 0.29) is 11.8 Å². The third kappa shape index (κ3) is 1.75. The van der Waals surface area contributed by atoms with Crippen LogP contribution in [0.5, 0.6) is 5.75 Å². The number of ether oxygens (including phenoxy) is 1. The van der Waals surface area contributed by atoms with Crippen molar-refractivity contribution in [3.8, 4) is 5.75 Å². The Morgan fingerprint density at radius 2 is 2.18 bits per heavy atom. The average molecular weight is 230 g/mol. The summed E-state index contributed by atoms with van der Waals surface area (Å²) in [5, 5.41) is 0. The van der Waals surface area contributed by atoms with Crippen molar-refractivity contribution >= 4 is 0 Å². The molecule has 0 spiro atoms. The molecular weight excluding hydrogens is 216 g/mol. The smallest absolute Gasteiger partial charge is 0.327 e. The Kier molecular flexibility index (Phi) is 2.28. The summed E-state index contributed by atoms with van der Waals surface area (Å²) in [7, 11) is 1.75. The third-order valence-electron chi connectivity index (χ3n) is 3.13. The Bertz CT molecular complexity index is 572. The van der Waals surface area contributed by atoms with E-state index in [0.29, 0.717) is 6.54 Å². The second-order valence-corrected chi connectivity index (χ2v) is 4.40. The van der Waals surface area contributed by atoms with Crippen LogP contribution in [0.3, 0.4) is 0 Å². The van der Waals surface area contributed by atoms with Crippen molar-refractivity contribution in [3.05, 3.63) is 52.7 Å².